The Morgan fingerprint density at radius 3 is 2.49 bits per heavy atom. The van der Waals surface area contributed by atoms with Gasteiger partial charge in [-0.05, 0) is 42.8 Å². The van der Waals surface area contributed by atoms with Gasteiger partial charge in [0.1, 0.15) is 6.54 Å². The molecule has 2 amide bonds. The first kappa shape index (κ1) is 25.1. The summed E-state index contributed by atoms with van der Waals surface area (Å²) in [6, 6.07) is 25.6. The standard InChI is InChI=1S/C30H29BrN4O2/c1-2-35(20-28(36)32-23-14-12-22(31)13-15-23)30(37)29-24-10-6-7-11-26(24)33-27-16-17-34(19-25(27)29)18-21-8-4-3-5-9-21/h3-15H,2,16-20H2,1H3,(H,32,36). The van der Waals surface area contributed by atoms with Gasteiger partial charge in [0.25, 0.3) is 5.91 Å². The van der Waals surface area contributed by atoms with Gasteiger partial charge in [0.15, 0.2) is 0 Å². The van der Waals surface area contributed by atoms with E-state index in [2.05, 4.69) is 50.4 Å². The van der Waals surface area contributed by atoms with Gasteiger partial charge in [0.05, 0.1) is 11.1 Å². The van der Waals surface area contributed by atoms with Gasteiger partial charge in [-0.3, -0.25) is 19.5 Å². The van der Waals surface area contributed by atoms with Crippen molar-refractivity contribution in [2.45, 2.75) is 26.4 Å². The summed E-state index contributed by atoms with van der Waals surface area (Å²) < 4.78 is 0.937. The SMILES string of the molecule is CCN(CC(=O)Nc1ccc(Br)cc1)C(=O)c1c2c(nc3ccccc13)CCN(Cc1ccccc1)C2. The van der Waals surface area contributed by atoms with Crippen LogP contribution in [0, 0.1) is 0 Å². The summed E-state index contributed by atoms with van der Waals surface area (Å²) in [7, 11) is 0. The molecule has 188 valence electrons. The maximum atomic E-state index is 14.1. The summed E-state index contributed by atoms with van der Waals surface area (Å²) in [6.45, 7) is 4.65. The number of para-hydroxylation sites is 1. The molecule has 0 aliphatic carbocycles. The Kier molecular flexibility index (Phi) is 7.63. The van der Waals surface area contributed by atoms with E-state index in [1.807, 2.05) is 61.5 Å². The molecule has 4 aromatic rings. The summed E-state index contributed by atoms with van der Waals surface area (Å²) in [5.41, 5.74) is 5.36. The lowest BCUT2D eigenvalue weighted by Gasteiger charge is -2.31. The van der Waals surface area contributed by atoms with Crippen LogP contribution in [-0.2, 0) is 24.3 Å². The van der Waals surface area contributed by atoms with Crippen LogP contribution in [-0.4, -0.2) is 46.2 Å². The van der Waals surface area contributed by atoms with E-state index in [9.17, 15) is 9.59 Å². The van der Waals surface area contributed by atoms with E-state index in [1.54, 1.807) is 4.90 Å². The van der Waals surface area contributed by atoms with Crippen molar-refractivity contribution in [2.24, 2.45) is 0 Å². The molecule has 37 heavy (non-hydrogen) atoms. The second-order valence-electron chi connectivity index (χ2n) is 9.25. The number of nitrogens with one attached hydrogen (secondary N) is 1. The Hall–Kier alpha value is -3.55. The van der Waals surface area contributed by atoms with Gasteiger partial charge in [-0.2, -0.15) is 0 Å². The van der Waals surface area contributed by atoms with Crippen LogP contribution in [0.2, 0.25) is 0 Å². The van der Waals surface area contributed by atoms with Crippen molar-refractivity contribution in [3.63, 3.8) is 0 Å². The van der Waals surface area contributed by atoms with Gasteiger partial charge >= 0.3 is 0 Å². The molecule has 1 aliphatic heterocycles. The predicted molar refractivity (Wildman–Crippen MR) is 150 cm³/mol. The molecule has 1 aromatic heterocycles. The Bertz CT molecular complexity index is 1420. The average molecular weight is 557 g/mol. The molecule has 0 saturated carbocycles. The second-order valence-corrected chi connectivity index (χ2v) is 10.2. The Morgan fingerprint density at radius 1 is 1.00 bits per heavy atom. The van der Waals surface area contributed by atoms with Gasteiger partial charge in [0, 0.05) is 59.4 Å². The number of pyridine rings is 1. The van der Waals surface area contributed by atoms with E-state index in [1.165, 1.54) is 5.56 Å². The first-order valence-corrected chi connectivity index (χ1v) is 13.3. The molecule has 0 saturated heterocycles. The van der Waals surface area contributed by atoms with Gasteiger partial charge < -0.3 is 10.2 Å². The molecular weight excluding hydrogens is 528 g/mol. The number of likely N-dealkylation sites (N-methyl/N-ethyl adjacent to an activating group) is 1. The smallest absolute Gasteiger partial charge is 0.255 e. The highest BCUT2D eigenvalue weighted by Crippen LogP contribution is 2.30. The highest BCUT2D eigenvalue weighted by molar-refractivity contribution is 9.10. The number of halogens is 1. The zero-order valence-corrected chi connectivity index (χ0v) is 22.4. The number of hydrogen-bond donors (Lipinski definition) is 1. The summed E-state index contributed by atoms with van der Waals surface area (Å²) >= 11 is 3.41. The Balaban J connectivity index is 1.44. The van der Waals surface area contributed by atoms with Crippen LogP contribution < -0.4 is 5.32 Å². The predicted octanol–water partition coefficient (Wildman–Crippen LogP) is 5.66. The fourth-order valence-electron chi connectivity index (χ4n) is 4.86. The highest BCUT2D eigenvalue weighted by Gasteiger charge is 2.28. The third kappa shape index (κ3) is 5.73. The zero-order chi connectivity index (χ0) is 25.8. The van der Waals surface area contributed by atoms with Gasteiger partial charge in [0.2, 0.25) is 5.91 Å². The Labute approximate surface area is 225 Å². The molecule has 0 fully saturated rings. The third-order valence-electron chi connectivity index (χ3n) is 6.72. The van der Waals surface area contributed by atoms with Crippen molar-refractivity contribution in [1.29, 1.82) is 0 Å². The van der Waals surface area contributed by atoms with E-state index in [4.69, 9.17) is 4.98 Å². The third-order valence-corrected chi connectivity index (χ3v) is 7.25. The van der Waals surface area contributed by atoms with Crippen LogP contribution in [0.25, 0.3) is 10.9 Å². The molecule has 7 heteroatoms. The molecule has 6 nitrogen and oxygen atoms in total. The van der Waals surface area contributed by atoms with E-state index < -0.39 is 0 Å². The van der Waals surface area contributed by atoms with Crippen molar-refractivity contribution in [1.82, 2.24) is 14.8 Å². The molecule has 1 aliphatic rings. The number of nitrogens with zero attached hydrogens (tertiary/aromatic N) is 3. The first-order chi connectivity index (χ1) is 18.0. The molecule has 2 heterocycles. The average Bonchev–Trinajstić information content (AvgIpc) is 2.92. The molecule has 0 radical (unpaired) electrons. The van der Waals surface area contributed by atoms with E-state index in [-0.39, 0.29) is 18.4 Å². The lowest BCUT2D eigenvalue weighted by Crippen LogP contribution is -2.40. The number of anilines is 1. The van der Waals surface area contributed by atoms with E-state index in [0.29, 0.717) is 24.3 Å². The number of carbonyl (C=O) groups is 2. The molecule has 0 unspecified atom stereocenters. The van der Waals surface area contributed by atoms with Crippen molar-refractivity contribution < 1.29 is 9.59 Å². The van der Waals surface area contributed by atoms with E-state index >= 15 is 0 Å². The fourth-order valence-corrected chi connectivity index (χ4v) is 5.12. The minimum atomic E-state index is -0.226. The first-order valence-electron chi connectivity index (χ1n) is 12.5. The van der Waals surface area contributed by atoms with Crippen LogP contribution in [0.3, 0.4) is 0 Å². The number of aromatic nitrogens is 1. The minimum absolute atomic E-state index is 0.0233. The number of benzene rings is 3. The molecule has 5 rings (SSSR count). The van der Waals surface area contributed by atoms with Crippen LogP contribution in [0.4, 0.5) is 5.69 Å². The summed E-state index contributed by atoms with van der Waals surface area (Å²) in [5, 5.41) is 3.73. The number of fused-ring (bicyclic) bond motifs is 2. The van der Waals surface area contributed by atoms with Crippen LogP contribution in [0.5, 0.6) is 0 Å². The van der Waals surface area contributed by atoms with Crippen LogP contribution in [0.1, 0.15) is 34.1 Å². The maximum Gasteiger partial charge on any atom is 0.255 e. The number of rotatable bonds is 7. The summed E-state index contributed by atoms with van der Waals surface area (Å²) in [5.74, 6) is -0.361. The minimum Gasteiger partial charge on any atom is -0.330 e. The van der Waals surface area contributed by atoms with Crippen LogP contribution >= 0.6 is 15.9 Å². The normalized spacial score (nSPS) is 13.2. The summed E-state index contributed by atoms with van der Waals surface area (Å²) in [4.78, 5) is 35.8. The Morgan fingerprint density at radius 2 is 1.73 bits per heavy atom. The number of carbonyl (C=O) groups excluding carboxylic acids is 2. The van der Waals surface area contributed by atoms with Crippen molar-refractivity contribution in [2.75, 3.05) is 25.0 Å². The molecule has 1 N–H and O–H groups in total. The van der Waals surface area contributed by atoms with Gasteiger partial charge in [-0.1, -0.05) is 64.5 Å². The largest absolute Gasteiger partial charge is 0.330 e. The van der Waals surface area contributed by atoms with E-state index in [0.717, 1.165) is 46.1 Å². The lowest BCUT2D eigenvalue weighted by atomic mass is 9.94. The lowest BCUT2D eigenvalue weighted by molar-refractivity contribution is -0.116. The van der Waals surface area contributed by atoms with Gasteiger partial charge in [-0.25, -0.2) is 0 Å². The molecule has 0 spiro atoms. The molecule has 3 aromatic carbocycles. The topological polar surface area (TPSA) is 65.5 Å². The molecule has 0 atom stereocenters. The summed E-state index contributed by atoms with van der Waals surface area (Å²) in [6.07, 6.45) is 0.781. The fraction of sp³-hybridized carbons (Fsp3) is 0.233. The highest BCUT2D eigenvalue weighted by atomic mass is 79.9. The van der Waals surface area contributed by atoms with Crippen molar-refractivity contribution >= 4 is 44.3 Å². The second kappa shape index (κ2) is 11.2. The molecular formula is C30H29BrN4O2. The maximum absolute atomic E-state index is 14.1. The quantitative estimate of drug-likeness (QED) is 0.319. The molecule has 0 bridgehead atoms. The zero-order valence-electron chi connectivity index (χ0n) is 20.8. The van der Waals surface area contributed by atoms with Gasteiger partial charge in [-0.15, -0.1) is 0 Å². The monoisotopic (exact) mass is 556 g/mol. The van der Waals surface area contributed by atoms with Crippen molar-refractivity contribution in [3.8, 4) is 0 Å². The number of hydrogen-bond acceptors (Lipinski definition) is 4. The number of amides is 2. The van der Waals surface area contributed by atoms with Crippen molar-refractivity contribution in [3.05, 3.63) is 106 Å². The van der Waals surface area contributed by atoms with Crippen LogP contribution in [0.15, 0.2) is 83.3 Å².